The minimum absolute atomic E-state index is 0.106. The van der Waals surface area contributed by atoms with Gasteiger partial charge >= 0.3 is 5.97 Å². The van der Waals surface area contributed by atoms with Crippen LogP contribution in [-0.2, 0) is 4.79 Å². The molecular formula is C14H21N3O3S. The van der Waals surface area contributed by atoms with Crippen LogP contribution in [0, 0.1) is 19.8 Å². The number of aromatic nitrogens is 2. The lowest BCUT2D eigenvalue weighted by atomic mass is 10.1. The van der Waals surface area contributed by atoms with E-state index < -0.39 is 5.97 Å². The molecule has 0 radical (unpaired) electrons. The highest BCUT2D eigenvalue weighted by Crippen LogP contribution is 2.20. The molecule has 0 aliphatic heterocycles. The molecule has 7 heteroatoms. The summed E-state index contributed by atoms with van der Waals surface area (Å²) in [6, 6.07) is 0. The Morgan fingerprint density at radius 3 is 2.57 bits per heavy atom. The van der Waals surface area contributed by atoms with E-state index in [-0.39, 0.29) is 18.2 Å². The van der Waals surface area contributed by atoms with E-state index in [1.807, 2.05) is 13.2 Å². The molecule has 2 N–H and O–H groups in total. The molecular weight excluding hydrogens is 290 g/mol. The Morgan fingerprint density at radius 1 is 1.33 bits per heavy atom. The van der Waals surface area contributed by atoms with Crippen LogP contribution in [-0.4, -0.2) is 39.8 Å². The summed E-state index contributed by atoms with van der Waals surface area (Å²) < 4.78 is 0. The lowest BCUT2D eigenvalue weighted by Crippen LogP contribution is -2.30. The van der Waals surface area contributed by atoms with E-state index >= 15 is 0 Å². The van der Waals surface area contributed by atoms with Crippen molar-refractivity contribution in [2.45, 2.75) is 38.6 Å². The van der Waals surface area contributed by atoms with E-state index in [0.29, 0.717) is 35.1 Å². The fourth-order valence-electron chi connectivity index (χ4n) is 1.92. The highest BCUT2D eigenvalue weighted by atomic mass is 32.2. The van der Waals surface area contributed by atoms with Gasteiger partial charge in [-0.05, 0) is 32.4 Å². The van der Waals surface area contributed by atoms with Gasteiger partial charge in [0.1, 0.15) is 10.9 Å². The first-order chi connectivity index (χ1) is 9.85. The van der Waals surface area contributed by atoms with Crippen molar-refractivity contribution in [3.63, 3.8) is 0 Å². The number of carbonyl (C=O) groups excluding carboxylic acids is 1. The fraction of sp³-hybridized carbons (Fsp3) is 0.571. The molecule has 0 fully saturated rings. The number of aliphatic carboxylic acids is 1. The largest absolute Gasteiger partial charge is 0.481 e. The van der Waals surface area contributed by atoms with Gasteiger partial charge in [-0.25, -0.2) is 9.97 Å². The molecule has 1 unspecified atom stereocenters. The third kappa shape index (κ3) is 5.34. The van der Waals surface area contributed by atoms with Gasteiger partial charge in [-0.15, -0.1) is 11.8 Å². The predicted octanol–water partition coefficient (Wildman–Crippen LogP) is 2.05. The Kier molecular flexibility index (Phi) is 6.61. The second-order valence-corrected chi connectivity index (χ2v) is 5.78. The Labute approximate surface area is 128 Å². The van der Waals surface area contributed by atoms with Gasteiger partial charge in [0.25, 0.3) is 5.91 Å². The number of rotatable bonds is 7. The number of carboxylic acid groups (broad SMARTS) is 1. The maximum atomic E-state index is 12.3. The maximum absolute atomic E-state index is 12.3. The summed E-state index contributed by atoms with van der Waals surface area (Å²) in [5.41, 5.74) is 1.15. The molecule has 0 aromatic carbocycles. The second kappa shape index (κ2) is 7.97. The molecule has 1 amide bonds. The van der Waals surface area contributed by atoms with Crippen LogP contribution >= 0.6 is 11.8 Å². The number of aryl methyl sites for hydroxylation is 2. The predicted molar refractivity (Wildman–Crippen MR) is 81.7 cm³/mol. The zero-order valence-corrected chi connectivity index (χ0v) is 13.6. The van der Waals surface area contributed by atoms with Gasteiger partial charge < -0.3 is 10.4 Å². The fourth-order valence-corrected chi connectivity index (χ4v) is 2.59. The van der Waals surface area contributed by atoms with Crippen molar-refractivity contribution in [2.24, 2.45) is 5.92 Å². The van der Waals surface area contributed by atoms with E-state index in [2.05, 4.69) is 15.3 Å². The summed E-state index contributed by atoms with van der Waals surface area (Å²) in [4.78, 5) is 31.3. The number of hydrogen-bond acceptors (Lipinski definition) is 5. The number of carbonyl (C=O) groups is 2. The van der Waals surface area contributed by atoms with E-state index in [1.165, 1.54) is 11.8 Å². The molecule has 0 aliphatic carbocycles. The van der Waals surface area contributed by atoms with Gasteiger partial charge in [0.05, 0.1) is 11.3 Å². The van der Waals surface area contributed by atoms with Crippen LogP contribution in [0.4, 0.5) is 0 Å². The molecule has 0 aliphatic rings. The van der Waals surface area contributed by atoms with Crippen molar-refractivity contribution < 1.29 is 14.7 Å². The van der Waals surface area contributed by atoms with Crippen molar-refractivity contribution in [3.05, 3.63) is 17.1 Å². The number of carboxylic acids is 1. The van der Waals surface area contributed by atoms with Crippen LogP contribution in [0.2, 0.25) is 0 Å². The average Bonchev–Trinajstić information content (AvgIpc) is 2.41. The summed E-state index contributed by atoms with van der Waals surface area (Å²) >= 11 is 1.41. The number of hydrogen-bond donors (Lipinski definition) is 2. The van der Waals surface area contributed by atoms with E-state index in [9.17, 15) is 9.59 Å². The molecule has 6 nitrogen and oxygen atoms in total. The zero-order valence-electron chi connectivity index (χ0n) is 12.8. The average molecular weight is 311 g/mol. The van der Waals surface area contributed by atoms with Crippen LogP contribution in [0.5, 0.6) is 0 Å². The minimum Gasteiger partial charge on any atom is -0.481 e. The number of amides is 1. The first-order valence-corrected chi connectivity index (χ1v) is 7.96. The topological polar surface area (TPSA) is 92.2 Å². The standard InChI is InChI=1S/C14H21N3O3S/c1-8(5-6-11(18)19)7-15-13(20)12-9(2)16-10(3)17-14(12)21-4/h8H,5-7H2,1-4H3,(H,15,20)(H,18,19). The second-order valence-electron chi connectivity index (χ2n) is 4.99. The van der Waals surface area contributed by atoms with E-state index in [1.54, 1.807) is 13.8 Å². The maximum Gasteiger partial charge on any atom is 0.303 e. The van der Waals surface area contributed by atoms with Gasteiger partial charge in [0, 0.05) is 13.0 Å². The monoisotopic (exact) mass is 311 g/mol. The third-order valence-electron chi connectivity index (χ3n) is 3.05. The smallest absolute Gasteiger partial charge is 0.303 e. The Bertz CT molecular complexity index is 534. The third-order valence-corrected chi connectivity index (χ3v) is 3.73. The highest BCUT2D eigenvalue weighted by molar-refractivity contribution is 7.98. The molecule has 1 aromatic rings. The lowest BCUT2D eigenvalue weighted by molar-refractivity contribution is -0.137. The van der Waals surface area contributed by atoms with Gasteiger partial charge in [0.15, 0.2) is 0 Å². The van der Waals surface area contributed by atoms with Crippen LogP contribution in [0.3, 0.4) is 0 Å². The molecule has 1 heterocycles. The molecule has 0 bridgehead atoms. The van der Waals surface area contributed by atoms with Crippen LogP contribution in [0.25, 0.3) is 0 Å². The van der Waals surface area contributed by atoms with Gasteiger partial charge in [-0.3, -0.25) is 9.59 Å². The normalized spacial score (nSPS) is 12.0. The van der Waals surface area contributed by atoms with Gasteiger partial charge in [-0.1, -0.05) is 6.92 Å². The number of nitrogens with one attached hydrogen (secondary N) is 1. The molecule has 1 aromatic heterocycles. The molecule has 21 heavy (non-hydrogen) atoms. The molecule has 0 saturated heterocycles. The highest BCUT2D eigenvalue weighted by Gasteiger charge is 2.18. The number of nitrogens with zero attached hydrogens (tertiary/aromatic N) is 2. The Balaban J connectivity index is 2.70. The molecule has 116 valence electrons. The molecule has 0 saturated carbocycles. The summed E-state index contributed by atoms with van der Waals surface area (Å²) in [5.74, 6) is -0.280. The Morgan fingerprint density at radius 2 is 2.00 bits per heavy atom. The summed E-state index contributed by atoms with van der Waals surface area (Å²) in [5, 5.41) is 12.1. The quantitative estimate of drug-likeness (QED) is 0.591. The van der Waals surface area contributed by atoms with Crippen molar-refractivity contribution in [1.29, 1.82) is 0 Å². The van der Waals surface area contributed by atoms with Gasteiger partial charge in [0.2, 0.25) is 0 Å². The first kappa shape index (κ1) is 17.4. The van der Waals surface area contributed by atoms with Crippen molar-refractivity contribution in [1.82, 2.24) is 15.3 Å². The van der Waals surface area contributed by atoms with E-state index in [4.69, 9.17) is 5.11 Å². The SMILES string of the molecule is CSc1nc(C)nc(C)c1C(=O)NCC(C)CCC(=O)O. The first-order valence-electron chi connectivity index (χ1n) is 6.74. The minimum atomic E-state index is -0.819. The zero-order chi connectivity index (χ0) is 16.0. The Hall–Kier alpha value is -1.63. The van der Waals surface area contributed by atoms with Gasteiger partial charge in [-0.2, -0.15) is 0 Å². The van der Waals surface area contributed by atoms with Crippen LogP contribution in [0.1, 0.15) is 41.6 Å². The number of thioether (sulfide) groups is 1. The summed E-state index contributed by atoms with van der Waals surface area (Å²) in [6.07, 6.45) is 2.52. The van der Waals surface area contributed by atoms with Crippen molar-refractivity contribution in [2.75, 3.05) is 12.8 Å². The molecule has 0 spiro atoms. The van der Waals surface area contributed by atoms with Crippen LogP contribution in [0.15, 0.2) is 5.03 Å². The lowest BCUT2D eigenvalue weighted by Gasteiger charge is -2.14. The summed E-state index contributed by atoms with van der Waals surface area (Å²) in [6.45, 7) is 5.93. The van der Waals surface area contributed by atoms with Crippen LogP contribution < -0.4 is 5.32 Å². The molecule has 1 atom stereocenters. The van der Waals surface area contributed by atoms with Crippen molar-refractivity contribution in [3.8, 4) is 0 Å². The van der Waals surface area contributed by atoms with Crippen molar-refractivity contribution >= 4 is 23.6 Å². The summed E-state index contributed by atoms with van der Waals surface area (Å²) in [7, 11) is 0. The van der Waals surface area contributed by atoms with E-state index in [0.717, 1.165) is 0 Å². The molecule has 1 rings (SSSR count).